The highest BCUT2D eigenvalue weighted by Crippen LogP contribution is 2.17. The van der Waals surface area contributed by atoms with Crippen molar-refractivity contribution in [1.29, 1.82) is 0 Å². The first-order chi connectivity index (χ1) is 12.9. The van der Waals surface area contributed by atoms with Crippen molar-refractivity contribution in [3.05, 3.63) is 59.9 Å². The molecule has 0 bridgehead atoms. The molecule has 0 spiro atoms. The van der Waals surface area contributed by atoms with Gasteiger partial charge < -0.3 is 19.7 Å². The van der Waals surface area contributed by atoms with E-state index in [2.05, 4.69) is 5.32 Å². The maximum Gasteiger partial charge on any atom is 0.261 e. The van der Waals surface area contributed by atoms with Gasteiger partial charge in [0.1, 0.15) is 23.4 Å². The SMILES string of the molecule is CNC(=O)C(C)N(Cc1cccc(OC)c1)C(=O)COc1ccc(F)cc1. The van der Waals surface area contributed by atoms with Gasteiger partial charge in [0.05, 0.1) is 7.11 Å². The van der Waals surface area contributed by atoms with Crippen molar-refractivity contribution in [3.63, 3.8) is 0 Å². The van der Waals surface area contributed by atoms with E-state index in [9.17, 15) is 14.0 Å². The summed E-state index contributed by atoms with van der Waals surface area (Å²) in [5.41, 5.74) is 0.820. The summed E-state index contributed by atoms with van der Waals surface area (Å²) in [7, 11) is 3.08. The summed E-state index contributed by atoms with van der Waals surface area (Å²) >= 11 is 0. The smallest absolute Gasteiger partial charge is 0.261 e. The van der Waals surface area contributed by atoms with Gasteiger partial charge in [-0.25, -0.2) is 4.39 Å². The molecule has 27 heavy (non-hydrogen) atoms. The average molecular weight is 374 g/mol. The predicted octanol–water partition coefficient (Wildman–Crippen LogP) is 2.38. The third-order valence-corrected chi connectivity index (χ3v) is 4.08. The third kappa shape index (κ3) is 5.70. The van der Waals surface area contributed by atoms with Crippen LogP contribution >= 0.6 is 0 Å². The second-order valence-corrected chi connectivity index (χ2v) is 5.91. The number of benzene rings is 2. The Kier molecular flexibility index (Phi) is 7.16. The number of carbonyl (C=O) groups excluding carboxylic acids is 2. The van der Waals surface area contributed by atoms with Gasteiger partial charge in [0.15, 0.2) is 6.61 Å². The Balaban J connectivity index is 2.13. The van der Waals surface area contributed by atoms with E-state index in [-0.39, 0.29) is 30.8 Å². The van der Waals surface area contributed by atoms with E-state index in [1.165, 1.54) is 36.2 Å². The largest absolute Gasteiger partial charge is 0.497 e. The normalized spacial score (nSPS) is 11.4. The molecular formula is C20H23FN2O4. The number of hydrogen-bond donors (Lipinski definition) is 1. The summed E-state index contributed by atoms with van der Waals surface area (Å²) in [4.78, 5) is 26.2. The first kappa shape index (κ1) is 20.2. The lowest BCUT2D eigenvalue weighted by molar-refractivity contribution is -0.142. The van der Waals surface area contributed by atoms with Crippen LogP contribution in [0.5, 0.6) is 11.5 Å². The molecule has 144 valence electrons. The summed E-state index contributed by atoms with van der Waals surface area (Å²) in [6.45, 7) is 1.60. The van der Waals surface area contributed by atoms with Crippen molar-refractivity contribution in [2.75, 3.05) is 20.8 Å². The first-order valence-corrected chi connectivity index (χ1v) is 8.47. The minimum Gasteiger partial charge on any atom is -0.497 e. The van der Waals surface area contributed by atoms with Crippen molar-refractivity contribution in [2.45, 2.75) is 19.5 Å². The Morgan fingerprint density at radius 3 is 2.48 bits per heavy atom. The molecule has 0 saturated carbocycles. The van der Waals surface area contributed by atoms with Crippen LogP contribution in [0.25, 0.3) is 0 Å². The summed E-state index contributed by atoms with van der Waals surface area (Å²) in [5.74, 6) is 0.00146. The second-order valence-electron chi connectivity index (χ2n) is 5.91. The highest BCUT2D eigenvalue weighted by Gasteiger charge is 2.26. The fourth-order valence-corrected chi connectivity index (χ4v) is 2.52. The molecule has 2 amide bonds. The number of rotatable bonds is 8. The summed E-state index contributed by atoms with van der Waals surface area (Å²) in [5, 5.41) is 2.55. The average Bonchev–Trinajstić information content (AvgIpc) is 2.70. The van der Waals surface area contributed by atoms with Gasteiger partial charge >= 0.3 is 0 Å². The number of ether oxygens (including phenoxy) is 2. The molecule has 6 nitrogen and oxygen atoms in total. The fourth-order valence-electron chi connectivity index (χ4n) is 2.52. The number of nitrogens with one attached hydrogen (secondary N) is 1. The summed E-state index contributed by atoms with van der Waals surface area (Å²) < 4.78 is 23.6. The van der Waals surface area contributed by atoms with Crippen LogP contribution in [0.2, 0.25) is 0 Å². The Bertz CT molecular complexity index is 780. The zero-order valence-corrected chi connectivity index (χ0v) is 15.6. The van der Waals surface area contributed by atoms with Gasteiger partial charge in [-0.1, -0.05) is 12.1 Å². The van der Waals surface area contributed by atoms with Gasteiger partial charge in [-0.15, -0.1) is 0 Å². The van der Waals surface area contributed by atoms with Gasteiger partial charge in [-0.3, -0.25) is 9.59 Å². The van der Waals surface area contributed by atoms with E-state index in [0.717, 1.165) is 5.56 Å². The van der Waals surface area contributed by atoms with Crippen LogP contribution in [0.1, 0.15) is 12.5 Å². The molecule has 1 N–H and O–H groups in total. The lowest BCUT2D eigenvalue weighted by Gasteiger charge is -2.28. The van der Waals surface area contributed by atoms with Gasteiger partial charge in [0.2, 0.25) is 5.91 Å². The molecule has 0 aromatic heterocycles. The molecule has 0 aliphatic rings. The van der Waals surface area contributed by atoms with Gasteiger partial charge in [-0.2, -0.15) is 0 Å². The monoisotopic (exact) mass is 374 g/mol. The quantitative estimate of drug-likeness (QED) is 0.770. The highest BCUT2D eigenvalue weighted by molar-refractivity contribution is 5.87. The molecule has 2 aromatic rings. The van der Waals surface area contributed by atoms with Crippen LogP contribution in [0.15, 0.2) is 48.5 Å². The molecule has 0 radical (unpaired) electrons. The number of amides is 2. The van der Waals surface area contributed by atoms with E-state index in [1.54, 1.807) is 26.2 Å². The maximum atomic E-state index is 13.0. The van der Waals surface area contributed by atoms with E-state index in [4.69, 9.17) is 9.47 Å². The predicted molar refractivity (Wildman–Crippen MR) is 99.0 cm³/mol. The molecule has 0 fully saturated rings. The van der Waals surface area contributed by atoms with Gasteiger partial charge in [-0.05, 0) is 48.9 Å². The molecule has 0 aliphatic heterocycles. The van der Waals surface area contributed by atoms with Gasteiger partial charge in [0.25, 0.3) is 5.91 Å². The molecule has 2 aromatic carbocycles. The number of methoxy groups -OCH3 is 1. The van der Waals surface area contributed by atoms with Crippen LogP contribution < -0.4 is 14.8 Å². The number of likely N-dealkylation sites (N-methyl/N-ethyl adjacent to an activating group) is 1. The molecule has 7 heteroatoms. The molecule has 0 heterocycles. The second kappa shape index (κ2) is 9.56. The zero-order chi connectivity index (χ0) is 19.8. The minimum absolute atomic E-state index is 0.220. The van der Waals surface area contributed by atoms with E-state index < -0.39 is 6.04 Å². The summed E-state index contributed by atoms with van der Waals surface area (Å²) in [6, 6.07) is 12.0. The molecule has 1 unspecified atom stereocenters. The van der Waals surface area contributed by atoms with Gasteiger partial charge in [0, 0.05) is 13.6 Å². The standard InChI is InChI=1S/C20H23FN2O4/c1-14(20(25)22-2)23(12-15-5-4-6-18(11-15)26-3)19(24)13-27-17-9-7-16(21)8-10-17/h4-11,14H,12-13H2,1-3H3,(H,22,25). The Labute approximate surface area is 157 Å². The highest BCUT2D eigenvalue weighted by atomic mass is 19.1. The number of hydrogen-bond acceptors (Lipinski definition) is 4. The van der Waals surface area contributed by atoms with Crippen LogP contribution in [0.4, 0.5) is 4.39 Å². The van der Waals surface area contributed by atoms with Crippen molar-refractivity contribution >= 4 is 11.8 Å². The lowest BCUT2D eigenvalue weighted by Crippen LogP contribution is -2.48. The van der Waals surface area contributed by atoms with E-state index in [0.29, 0.717) is 11.5 Å². The number of carbonyl (C=O) groups is 2. The van der Waals surface area contributed by atoms with Crippen LogP contribution in [0, 0.1) is 5.82 Å². The Morgan fingerprint density at radius 2 is 1.85 bits per heavy atom. The number of halogens is 1. The first-order valence-electron chi connectivity index (χ1n) is 8.47. The molecule has 1 atom stereocenters. The van der Waals surface area contributed by atoms with Crippen molar-refractivity contribution in [3.8, 4) is 11.5 Å². The molecular weight excluding hydrogens is 351 g/mol. The minimum atomic E-state index is -0.689. The number of nitrogens with zero attached hydrogens (tertiary/aromatic N) is 1. The molecule has 0 saturated heterocycles. The van der Waals surface area contributed by atoms with Crippen LogP contribution in [-0.4, -0.2) is 43.5 Å². The lowest BCUT2D eigenvalue weighted by atomic mass is 10.1. The third-order valence-electron chi connectivity index (χ3n) is 4.08. The molecule has 2 rings (SSSR count). The van der Waals surface area contributed by atoms with Crippen LogP contribution in [-0.2, 0) is 16.1 Å². The van der Waals surface area contributed by atoms with E-state index in [1.807, 2.05) is 12.1 Å². The van der Waals surface area contributed by atoms with Crippen molar-refractivity contribution < 1.29 is 23.5 Å². The zero-order valence-electron chi connectivity index (χ0n) is 15.6. The van der Waals surface area contributed by atoms with Crippen LogP contribution in [0.3, 0.4) is 0 Å². The topological polar surface area (TPSA) is 67.9 Å². The van der Waals surface area contributed by atoms with E-state index >= 15 is 0 Å². The fraction of sp³-hybridized carbons (Fsp3) is 0.300. The maximum absolute atomic E-state index is 13.0. The molecule has 0 aliphatic carbocycles. The van der Waals surface area contributed by atoms with Crippen molar-refractivity contribution in [1.82, 2.24) is 10.2 Å². The summed E-state index contributed by atoms with van der Waals surface area (Å²) in [6.07, 6.45) is 0. The Hall–Kier alpha value is -3.09. The Morgan fingerprint density at radius 1 is 1.15 bits per heavy atom. The van der Waals surface area contributed by atoms with Crippen molar-refractivity contribution in [2.24, 2.45) is 0 Å².